The van der Waals surface area contributed by atoms with Gasteiger partial charge in [-0.15, -0.1) is 0 Å². The van der Waals surface area contributed by atoms with Crippen LogP contribution >= 0.6 is 0 Å². The summed E-state index contributed by atoms with van der Waals surface area (Å²) in [5, 5.41) is 13.0. The van der Waals surface area contributed by atoms with Crippen molar-refractivity contribution >= 4 is 53.9 Å². The molecule has 0 aliphatic heterocycles. The zero-order chi connectivity index (χ0) is 27.6. The van der Waals surface area contributed by atoms with Crippen molar-refractivity contribution in [3.05, 3.63) is 158 Å². The second kappa shape index (κ2) is 9.03. The molecule has 0 heterocycles. The third kappa shape index (κ3) is 3.56. The Balaban J connectivity index is 1.19. The molecule has 0 radical (unpaired) electrons. The fourth-order valence-electron chi connectivity index (χ4n) is 6.87. The largest absolute Gasteiger partial charge is 0.0616 e. The van der Waals surface area contributed by atoms with E-state index in [0.29, 0.717) is 0 Å². The van der Waals surface area contributed by atoms with E-state index >= 15 is 0 Å². The van der Waals surface area contributed by atoms with E-state index in [2.05, 4.69) is 158 Å². The van der Waals surface area contributed by atoms with Crippen LogP contribution in [-0.4, -0.2) is 0 Å². The first kappa shape index (κ1) is 23.3. The molecule has 0 atom stereocenters. The second-order valence-electron chi connectivity index (χ2n) is 11.3. The Labute approximate surface area is 244 Å². The Hall–Kier alpha value is -5.46. The number of rotatable bonds is 3. The van der Waals surface area contributed by atoms with Gasteiger partial charge < -0.3 is 0 Å². The van der Waals surface area contributed by atoms with Crippen LogP contribution in [0.5, 0.6) is 0 Å². The lowest BCUT2D eigenvalue weighted by Gasteiger charge is -2.17. The van der Waals surface area contributed by atoms with Crippen LogP contribution < -0.4 is 0 Å². The molecule has 0 amide bonds. The number of hydrogen-bond acceptors (Lipinski definition) is 0. The maximum absolute atomic E-state index is 2.32. The molecule has 0 N–H and O–H groups in total. The standard InChI is InChI=1S/C42H26/c1-3-7-33-25-35(15-11-27(33)5-1)29-9-13-30(14-10-29)37-21-17-31-20-24-40-38(22-18-32-19-23-39(37)41(31)42(32)40)36-16-12-28-6-2-4-8-34(28)26-36/h1-26H. The van der Waals surface area contributed by atoms with E-state index in [1.165, 1.54) is 87.2 Å². The average Bonchev–Trinajstić information content (AvgIpc) is 3.06. The number of benzene rings is 9. The van der Waals surface area contributed by atoms with Gasteiger partial charge in [-0.3, -0.25) is 0 Å². The summed E-state index contributed by atoms with van der Waals surface area (Å²) in [5.74, 6) is 0. The number of hydrogen-bond donors (Lipinski definition) is 0. The second-order valence-corrected chi connectivity index (χ2v) is 11.3. The Morgan fingerprint density at radius 1 is 0.238 bits per heavy atom. The van der Waals surface area contributed by atoms with Crippen molar-refractivity contribution < 1.29 is 0 Å². The van der Waals surface area contributed by atoms with Crippen molar-refractivity contribution in [3.8, 4) is 33.4 Å². The van der Waals surface area contributed by atoms with Gasteiger partial charge in [-0.25, -0.2) is 0 Å². The van der Waals surface area contributed by atoms with Crippen molar-refractivity contribution in [2.45, 2.75) is 0 Å². The third-order valence-corrected chi connectivity index (χ3v) is 9.00. The van der Waals surface area contributed by atoms with Crippen LogP contribution in [0.25, 0.3) is 87.2 Å². The Morgan fingerprint density at radius 3 is 1.24 bits per heavy atom. The Bertz CT molecular complexity index is 2440. The van der Waals surface area contributed by atoms with Crippen molar-refractivity contribution in [1.82, 2.24) is 0 Å². The predicted molar refractivity (Wildman–Crippen MR) is 181 cm³/mol. The molecule has 0 saturated carbocycles. The molecule has 0 aliphatic rings. The van der Waals surface area contributed by atoms with Gasteiger partial charge in [0.15, 0.2) is 0 Å². The fraction of sp³-hybridized carbons (Fsp3) is 0. The van der Waals surface area contributed by atoms with Crippen LogP contribution in [0.3, 0.4) is 0 Å². The molecule has 0 saturated heterocycles. The molecule has 0 bridgehead atoms. The van der Waals surface area contributed by atoms with Gasteiger partial charge in [-0.2, -0.15) is 0 Å². The first-order chi connectivity index (χ1) is 20.8. The molecule has 0 unspecified atom stereocenters. The van der Waals surface area contributed by atoms with E-state index in [0.717, 1.165) is 0 Å². The highest BCUT2D eigenvalue weighted by molar-refractivity contribution is 6.27. The van der Waals surface area contributed by atoms with E-state index in [1.807, 2.05) is 0 Å². The summed E-state index contributed by atoms with van der Waals surface area (Å²) in [4.78, 5) is 0. The summed E-state index contributed by atoms with van der Waals surface area (Å²) in [5.41, 5.74) is 7.55. The predicted octanol–water partition coefficient (Wildman–Crippen LogP) is 11.9. The van der Waals surface area contributed by atoms with Gasteiger partial charge in [-0.05, 0) is 99.4 Å². The highest BCUT2D eigenvalue weighted by Crippen LogP contribution is 2.42. The van der Waals surface area contributed by atoms with Gasteiger partial charge >= 0.3 is 0 Å². The maximum Gasteiger partial charge on any atom is -0.00203 e. The summed E-state index contributed by atoms with van der Waals surface area (Å²) < 4.78 is 0. The number of fused-ring (bicyclic) bond motifs is 2. The molecule has 0 spiro atoms. The van der Waals surface area contributed by atoms with Crippen LogP contribution in [-0.2, 0) is 0 Å². The van der Waals surface area contributed by atoms with E-state index in [4.69, 9.17) is 0 Å². The lowest BCUT2D eigenvalue weighted by Crippen LogP contribution is -1.89. The van der Waals surface area contributed by atoms with Gasteiger partial charge in [-0.1, -0.05) is 146 Å². The van der Waals surface area contributed by atoms with Crippen LogP contribution in [0.2, 0.25) is 0 Å². The normalized spacial score (nSPS) is 11.8. The zero-order valence-corrected chi connectivity index (χ0v) is 23.0. The van der Waals surface area contributed by atoms with Gasteiger partial charge in [0.05, 0.1) is 0 Å². The maximum atomic E-state index is 2.32. The lowest BCUT2D eigenvalue weighted by atomic mass is 9.87. The van der Waals surface area contributed by atoms with E-state index in [-0.39, 0.29) is 0 Å². The molecule has 0 heteroatoms. The average molecular weight is 531 g/mol. The highest BCUT2D eigenvalue weighted by Gasteiger charge is 2.15. The minimum atomic E-state index is 1.24. The SMILES string of the molecule is c1ccc2cc(-c3ccc(-c4ccc5ccc6c(-c7ccc8ccccc8c7)ccc7ccc4c5c76)cc3)ccc2c1. The molecular formula is C42H26. The van der Waals surface area contributed by atoms with Crippen LogP contribution in [0.4, 0.5) is 0 Å². The van der Waals surface area contributed by atoms with E-state index < -0.39 is 0 Å². The molecule has 0 aromatic heterocycles. The van der Waals surface area contributed by atoms with Crippen molar-refractivity contribution in [1.29, 1.82) is 0 Å². The molecule has 0 aliphatic carbocycles. The molecule has 194 valence electrons. The molecular weight excluding hydrogens is 504 g/mol. The summed E-state index contributed by atoms with van der Waals surface area (Å²) in [6.45, 7) is 0. The summed E-state index contributed by atoms with van der Waals surface area (Å²) in [6, 6.07) is 58.1. The summed E-state index contributed by atoms with van der Waals surface area (Å²) >= 11 is 0. The van der Waals surface area contributed by atoms with Crippen LogP contribution in [0, 0.1) is 0 Å². The first-order valence-electron chi connectivity index (χ1n) is 14.6. The van der Waals surface area contributed by atoms with Gasteiger partial charge in [0.1, 0.15) is 0 Å². The fourth-order valence-corrected chi connectivity index (χ4v) is 6.87. The van der Waals surface area contributed by atoms with Crippen molar-refractivity contribution in [3.63, 3.8) is 0 Å². The summed E-state index contributed by atoms with van der Waals surface area (Å²) in [6.07, 6.45) is 0. The van der Waals surface area contributed by atoms with Gasteiger partial charge in [0.2, 0.25) is 0 Å². The van der Waals surface area contributed by atoms with Crippen LogP contribution in [0.1, 0.15) is 0 Å². The minimum absolute atomic E-state index is 1.24. The molecule has 0 fully saturated rings. The highest BCUT2D eigenvalue weighted by atomic mass is 14.2. The van der Waals surface area contributed by atoms with Crippen LogP contribution in [0.15, 0.2) is 158 Å². The Morgan fingerprint density at radius 2 is 0.643 bits per heavy atom. The van der Waals surface area contributed by atoms with Gasteiger partial charge in [0.25, 0.3) is 0 Å². The van der Waals surface area contributed by atoms with E-state index in [9.17, 15) is 0 Å². The molecule has 0 nitrogen and oxygen atoms in total. The lowest BCUT2D eigenvalue weighted by molar-refractivity contribution is 1.62. The topological polar surface area (TPSA) is 0 Å². The molecule has 9 aromatic carbocycles. The molecule has 9 rings (SSSR count). The molecule has 42 heavy (non-hydrogen) atoms. The van der Waals surface area contributed by atoms with Crippen molar-refractivity contribution in [2.24, 2.45) is 0 Å². The van der Waals surface area contributed by atoms with Crippen molar-refractivity contribution in [2.75, 3.05) is 0 Å². The smallest absolute Gasteiger partial charge is 0.00203 e. The summed E-state index contributed by atoms with van der Waals surface area (Å²) in [7, 11) is 0. The Kier molecular flexibility index (Phi) is 5.00. The van der Waals surface area contributed by atoms with E-state index in [1.54, 1.807) is 0 Å². The zero-order valence-electron chi connectivity index (χ0n) is 23.0. The van der Waals surface area contributed by atoms with Gasteiger partial charge in [0, 0.05) is 0 Å². The monoisotopic (exact) mass is 530 g/mol. The first-order valence-corrected chi connectivity index (χ1v) is 14.6. The minimum Gasteiger partial charge on any atom is -0.0616 e. The quantitative estimate of drug-likeness (QED) is 0.199. The third-order valence-electron chi connectivity index (χ3n) is 9.00. The molecule has 9 aromatic rings.